The van der Waals surface area contributed by atoms with Gasteiger partial charge in [-0.25, -0.2) is 9.18 Å². The molecule has 0 aliphatic carbocycles. The highest BCUT2D eigenvalue weighted by molar-refractivity contribution is 5.99. The van der Waals surface area contributed by atoms with Crippen LogP contribution in [0, 0.1) is 15.9 Å². The van der Waals surface area contributed by atoms with E-state index in [0.29, 0.717) is 0 Å². The van der Waals surface area contributed by atoms with Gasteiger partial charge in [-0.15, -0.1) is 0 Å². The molecule has 0 spiro atoms. The summed E-state index contributed by atoms with van der Waals surface area (Å²) in [5.74, 6) is -1.90. The molecule has 0 fully saturated rings. The number of nitro benzene ring substituents is 1. The van der Waals surface area contributed by atoms with E-state index in [-0.39, 0.29) is 6.61 Å². The van der Waals surface area contributed by atoms with Gasteiger partial charge in [0, 0.05) is 6.07 Å². The van der Waals surface area contributed by atoms with Gasteiger partial charge in [0.15, 0.2) is 5.56 Å². The van der Waals surface area contributed by atoms with Crippen LogP contribution in [0.5, 0.6) is 0 Å². The normalized spacial score (nSPS) is 9.88. The van der Waals surface area contributed by atoms with E-state index < -0.39 is 33.6 Å². The Hall–Kier alpha value is -2.18. The van der Waals surface area contributed by atoms with Crippen molar-refractivity contribution in [3.05, 3.63) is 33.6 Å². The maximum Gasteiger partial charge on any atom is 0.347 e. The summed E-state index contributed by atoms with van der Waals surface area (Å²) in [5.41, 5.74) is 3.57. The first-order valence-corrected chi connectivity index (χ1v) is 4.38. The molecule has 0 aromatic heterocycles. The van der Waals surface area contributed by atoms with Gasteiger partial charge >= 0.3 is 5.97 Å². The second-order valence-electron chi connectivity index (χ2n) is 2.83. The molecule has 0 saturated carbocycles. The molecule has 7 heteroatoms. The van der Waals surface area contributed by atoms with E-state index in [4.69, 9.17) is 5.73 Å². The monoisotopic (exact) mass is 228 g/mol. The largest absolute Gasteiger partial charge is 0.462 e. The Morgan fingerprint density at radius 3 is 2.75 bits per heavy atom. The quantitative estimate of drug-likeness (QED) is 0.366. The second-order valence-corrected chi connectivity index (χ2v) is 2.83. The summed E-state index contributed by atoms with van der Waals surface area (Å²) in [4.78, 5) is 21.2. The second kappa shape index (κ2) is 4.56. The fourth-order valence-electron chi connectivity index (χ4n) is 1.15. The van der Waals surface area contributed by atoms with E-state index in [1.807, 2.05) is 0 Å². The van der Waals surface area contributed by atoms with E-state index in [0.717, 1.165) is 12.1 Å². The van der Waals surface area contributed by atoms with Crippen molar-refractivity contribution in [2.24, 2.45) is 0 Å². The molecule has 86 valence electrons. The van der Waals surface area contributed by atoms with E-state index >= 15 is 0 Å². The molecule has 0 saturated heterocycles. The molecule has 6 nitrogen and oxygen atoms in total. The molecule has 2 N–H and O–H groups in total. The lowest BCUT2D eigenvalue weighted by Crippen LogP contribution is -2.12. The van der Waals surface area contributed by atoms with Crippen LogP contribution in [0.4, 0.5) is 15.8 Å². The zero-order valence-corrected chi connectivity index (χ0v) is 8.40. The summed E-state index contributed by atoms with van der Waals surface area (Å²) >= 11 is 0. The first-order valence-electron chi connectivity index (χ1n) is 4.38. The van der Waals surface area contributed by atoms with E-state index in [1.165, 1.54) is 6.92 Å². The third-order valence-corrected chi connectivity index (χ3v) is 1.85. The standard InChI is InChI=1S/C9H9FN2O4/c1-2-16-9(13)7-6(12(14)15)4-3-5(10)8(7)11/h3-4H,2,11H2,1H3. The Bertz CT molecular complexity index is 447. The molecule has 0 unspecified atom stereocenters. The van der Waals surface area contributed by atoms with Gasteiger partial charge in [0.2, 0.25) is 0 Å². The predicted molar refractivity (Wildman–Crippen MR) is 53.4 cm³/mol. The van der Waals surface area contributed by atoms with Crippen LogP contribution in [0.3, 0.4) is 0 Å². The maximum atomic E-state index is 13.1. The minimum Gasteiger partial charge on any atom is -0.462 e. The van der Waals surface area contributed by atoms with Crippen LogP contribution in [0.25, 0.3) is 0 Å². The number of halogens is 1. The molecule has 0 aliphatic heterocycles. The minimum atomic E-state index is -1.01. The van der Waals surface area contributed by atoms with Gasteiger partial charge in [-0.1, -0.05) is 0 Å². The minimum absolute atomic E-state index is 0.0198. The number of nitrogens with two attached hydrogens (primary N) is 1. The van der Waals surface area contributed by atoms with Gasteiger partial charge in [0.1, 0.15) is 5.82 Å². The molecule has 0 atom stereocenters. The van der Waals surface area contributed by atoms with Crippen molar-refractivity contribution < 1.29 is 18.8 Å². The molecular formula is C9H9FN2O4. The Morgan fingerprint density at radius 2 is 2.25 bits per heavy atom. The highest BCUT2D eigenvalue weighted by Gasteiger charge is 2.26. The molecular weight excluding hydrogens is 219 g/mol. The molecule has 1 aromatic carbocycles. The van der Waals surface area contributed by atoms with E-state index in [1.54, 1.807) is 0 Å². The van der Waals surface area contributed by atoms with Crippen molar-refractivity contribution in [2.75, 3.05) is 12.3 Å². The molecule has 0 aliphatic rings. The fraction of sp³-hybridized carbons (Fsp3) is 0.222. The van der Waals surface area contributed by atoms with Crippen LogP contribution in [0.2, 0.25) is 0 Å². The Morgan fingerprint density at radius 1 is 1.62 bits per heavy atom. The molecule has 0 heterocycles. The van der Waals surface area contributed by atoms with Crippen molar-refractivity contribution >= 4 is 17.3 Å². The number of nitro groups is 1. The Kier molecular flexibility index (Phi) is 3.39. The zero-order valence-electron chi connectivity index (χ0n) is 8.40. The summed E-state index contributed by atoms with van der Waals surface area (Å²) in [6.45, 7) is 1.55. The van der Waals surface area contributed by atoms with Crippen LogP contribution < -0.4 is 5.73 Å². The lowest BCUT2D eigenvalue weighted by atomic mass is 10.1. The summed E-state index contributed by atoms with van der Waals surface area (Å²) in [7, 11) is 0. The van der Waals surface area contributed by atoms with Crippen molar-refractivity contribution in [2.45, 2.75) is 6.92 Å². The Labute approximate surface area is 90.0 Å². The van der Waals surface area contributed by atoms with Crippen LogP contribution in [-0.4, -0.2) is 17.5 Å². The lowest BCUT2D eigenvalue weighted by molar-refractivity contribution is -0.385. The van der Waals surface area contributed by atoms with Crippen molar-refractivity contribution in [1.82, 2.24) is 0 Å². The van der Waals surface area contributed by atoms with Crippen molar-refractivity contribution in [1.29, 1.82) is 0 Å². The van der Waals surface area contributed by atoms with Gasteiger partial charge in [-0.2, -0.15) is 0 Å². The van der Waals surface area contributed by atoms with Crippen LogP contribution in [0.1, 0.15) is 17.3 Å². The van der Waals surface area contributed by atoms with Crippen LogP contribution >= 0.6 is 0 Å². The third-order valence-electron chi connectivity index (χ3n) is 1.85. The average molecular weight is 228 g/mol. The average Bonchev–Trinajstić information content (AvgIpc) is 2.21. The van der Waals surface area contributed by atoms with Crippen LogP contribution in [-0.2, 0) is 4.74 Å². The van der Waals surface area contributed by atoms with E-state index in [9.17, 15) is 19.3 Å². The highest BCUT2D eigenvalue weighted by atomic mass is 19.1. The molecule has 1 aromatic rings. The first-order chi connectivity index (χ1) is 7.49. The van der Waals surface area contributed by atoms with E-state index in [2.05, 4.69) is 4.74 Å². The summed E-state index contributed by atoms with van der Waals surface area (Å²) in [5, 5.41) is 10.6. The third kappa shape index (κ3) is 2.08. The number of hydrogen-bond donors (Lipinski definition) is 1. The number of benzene rings is 1. The summed E-state index contributed by atoms with van der Waals surface area (Å²) < 4.78 is 17.6. The predicted octanol–water partition coefficient (Wildman–Crippen LogP) is 1.49. The smallest absolute Gasteiger partial charge is 0.347 e. The highest BCUT2D eigenvalue weighted by Crippen LogP contribution is 2.27. The molecule has 16 heavy (non-hydrogen) atoms. The number of rotatable bonds is 3. The molecule has 0 radical (unpaired) electrons. The van der Waals surface area contributed by atoms with Gasteiger partial charge in [-0.3, -0.25) is 10.1 Å². The fourth-order valence-corrected chi connectivity index (χ4v) is 1.15. The van der Waals surface area contributed by atoms with Crippen LogP contribution in [0.15, 0.2) is 12.1 Å². The number of ether oxygens (including phenoxy) is 1. The molecule has 1 rings (SSSR count). The van der Waals surface area contributed by atoms with Crippen molar-refractivity contribution in [3.63, 3.8) is 0 Å². The number of anilines is 1. The maximum absolute atomic E-state index is 13.1. The first kappa shape index (κ1) is 11.9. The SMILES string of the molecule is CCOC(=O)c1c([N+](=O)[O-])ccc(F)c1N. The van der Waals surface area contributed by atoms with Gasteiger partial charge < -0.3 is 10.5 Å². The number of hydrogen-bond acceptors (Lipinski definition) is 5. The number of nitrogen functional groups attached to an aromatic ring is 1. The van der Waals surface area contributed by atoms with Crippen molar-refractivity contribution in [3.8, 4) is 0 Å². The number of nitrogens with zero attached hydrogens (tertiary/aromatic N) is 1. The molecule has 0 amide bonds. The lowest BCUT2D eigenvalue weighted by Gasteiger charge is -2.06. The Balaban J connectivity index is 3.37. The topological polar surface area (TPSA) is 95.5 Å². The number of carbonyl (C=O) groups excluding carboxylic acids is 1. The van der Waals surface area contributed by atoms with Gasteiger partial charge in [0.25, 0.3) is 5.69 Å². The summed E-state index contributed by atoms with van der Waals surface area (Å²) in [6, 6.07) is 1.70. The number of esters is 1. The zero-order chi connectivity index (χ0) is 12.3. The van der Waals surface area contributed by atoms with Gasteiger partial charge in [0.05, 0.1) is 17.2 Å². The summed E-state index contributed by atoms with van der Waals surface area (Å²) in [6.07, 6.45) is 0. The number of carbonyl (C=O) groups is 1. The molecule has 0 bridgehead atoms. The van der Waals surface area contributed by atoms with Gasteiger partial charge in [-0.05, 0) is 13.0 Å².